The Kier molecular flexibility index (Phi) is 7.02. The molecule has 2 N–H and O–H groups in total. The summed E-state index contributed by atoms with van der Waals surface area (Å²) >= 11 is 1.72. The van der Waals surface area contributed by atoms with Crippen LogP contribution >= 0.6 is 11.8 Å². The molecule has 0 saturated heterocycles. The molecule has 0 aliphatic rings. The summed E-state index contributed by atoms with van der Waals surface area (Å²) in [7, 11) is -1.57. The lowest BCUT2D eigenvalue weighted by Crippen LogP contribution is -2.29. The fraction of sp³-hybridized carbons (Fsp3) is 0.571. The van der Waals surface area contributed by atoms with Gasteiger partial charge in [-0.2, -0.15) is 11.8 Å². The maximum atomic E-state index is 12.3. The van der Waals surface area contributed by atoms with Crippen molar-refractivity contribution in [2.75, 3.05) is 25.6 Å². The molecule has 0 aliphatic heterocycles. The smallest absolute Gasteiger partial charge is 0.240 e. The number of thioether (sulfide) groups is 1. The van der Waals surface area contributed by atoms with Gasteiger partial charge in [0.05, 0.1) is 4.90 Å². The second-order valence-corrected chi connectivity index (χ2v) is 7.67. The minimum absolute atomic E-state index is 0.126. The Balaban J connectivity index is 2.82. The lowest BCUT2D eigenvalue weighted by atomic mass is 10.1. The van der Waals surface area contributed by atoms with E-state index in [1.165, 1.54) is 0 Å². The van der Waals surface area contributed by atoms with Crippen LogP contribution in [0.1, 0.15) is 25.5 Å². The van der Waals surface area contributed by atoms with E-state index in [-0.39, 0.29) is 6.04 Å². The van der Waals surface area contributed by atoms with Crippen LogP contribution in [0.3, 0.4) is 0 Å². The maximum absolute atomic E-state index is 12.3. The Morgan fingerprint density at radius 2 is 2.00 bits per heavy atom. The van der Waals surface area contributed by atoms with Crippen LogP contribution in [0.25, 0.3) is 0 Å². The number of hydrogen-bond donors (Lipinski definition) is 2. The number of hydrogen-bond acceptors (Lipinski definition) is 4. The van der Waals surface area contributed by atoms with Crippen LogP contribution in [-0.2, 0) is 10.0 Å². The Labute approximate surface area is 126 Å². The predicted octanol–water partition coefficient (Wildman–Crippen LogP) is 2.24. The van der Waals surface area contributed by atoms with Crippen LogP contribution in [-0.4, -0.2) is 34.0 Å². The lowest BCUT2D eigenvalue weighted by molar-refractivity contribution is 0.562. The van der Waals surface area contributed by atoms with Gasteiger partial charge >= 0.3 is 0 Å². The summed E-state index contributed by atoms with van der Waals surface area (Å²) in [5.41, 5.74) is 0.965. The molecule has 1 aromatic carbocycles. The lowest BCUT2D eigenvalue weighted by Gasteiger charge is -2.14. The van der Waals surface area contributed by atoms with Crippen LogP contribution in [0.15, 0.2) is 29.2 Å². The summed E-state index contributed by atoms with van der Waals surface area (Å²) in [6.45, 7) is 4.51. The van der Waals surface area contributed by atoms with Crippen molar-refractivity contribution in [3.63, 3.8) is 0 Å². The van der Waals surface area contributed by atoms with Crippen LogP contribution in [0.5, 0.6) is 0 Å². The molecule has 2 atom stereocenters. The molecule has 0 amide bonds. The monoisotopic (exact) mass is 316 g/mol. The van der Waals surface area contributed by atoms with Gasteiger partial charge in [-0.25, -0.2) is 13.1 Å². The van der Waals surface area contributed by atoms with Crippen LogP contribution in [0.4, 0.5) is 0 Å². The summed E-state index contributed by atoms with van der Waals surface area (Å²) in [6.07, 6.45) is 2.02. The quantitative estimate of drug-likeness (QED) is 0.772. The van der Waals surface area contributed by atoms with E-state index in [1.807, 2.05) is 33.2 Å². The topological polar surface area (TPSA) is 58.2 Å². The van der Waals surface area contributed by atoms with Crippen molar-refractivity contribution in [1.82, 2.24) is 10.0 Å². The van der Waals surface area contributed by atoms with Crippen LogP contribution in [0, 0.1) is 5.92 Å². The first-order chi connectivity index (χ1) is 9.40. The zero-order valence-corrected chi connectivity index (χ0v) is 14.1. The molecule has 4 nitrogen and oxygen atoms in total. The predicted molar refractivity (Wildman–Crippen MR) is 86.7 cm³/mol. The zero-order chi connectivity index (χ0) is 15.2. The Bertz CT molecular complexity index is 518. The third kappa shape index (κ3) is 5.09. The van der Waals surface area contributed by atoms with Crippen molar-refractivity contribution in [1.29, 1.82) is 0 Å². The highest BCUT2D eigenvalue weighted by Crippen LogP contribution is 2.17. The molecular weight excluding hydrogens is 292 g/mol. The number of sulfonamides is 1. The molecule has 0 bridgehead atoms. The van der Waals surface area contributed by atoms with Crippen LogP contribution < -0.4 is 10.0 Å². The molecule has 0 aliphatic carbocycles. The van der Waals surface area contributed by atoms with Gasteiger partial charge in [0.15, 0.2) is 0 Å². The minimum atomic E-state index is -3.42. The molecule has 1 aromatic rings. The maximum Gasteiger partial charge on any atom is 0.240 e. The van der Waals surface area contributed by atoms with Gasteiger partial charge in [0, 0.05) is 12.6 Å². The molecule has 2 unspecified atom stereocenters. The van der Waals surface area contributed by atoms with Gasteiger partial charge in [0.1, 0.15) is 0 Å². The number of rotatable bonds is 8. The summed E-state index contributed by atoms with van der Waals surface area (Å²) in [5.74, 6) is 1.26. The van der Waals surface area contributed by atoms with E-state index in [9.17, 15) is 8.42 Å². The van der Waals surface area contributed by atoms with Crippen molar-refractivity contribution in [2.45, 2.75) is 24.8 Å². The first-order valence-electron chi connectivity index (χ1n) is 6.66. The van der Waals surface area contributed by atoms with Gasteiger partial charge in [0.25, 0.3) is 0 Å². The molecular formula is C14H24N2O2S2. The molecule has 1 rings (SSSR count). The van der Waals surface area contributed by atoms with Gasteiger partial charge in [0.2, 0.25) is 10.0 Å². The number of benzene rings is 1. The van der Waals surface area contributed by atoms with Crippen molar-refractivity contribution in [3.8, 4) is 0 Å². The van der Waals surface area contributed by atoms with Crippen LogP contribution in [0.2, 0.25) is 0 Å². The standard InChI is InChI=1S/C14H24N2O2S2/c1-11(10-19-4)9-16-20(17,18)14-7-5-6-13(8-14)12(2)15-3/h5-8,11-12,15-16H,9-10H2,1-4H3. The Morgan fingerprint density at radius 1 is 1.30 bits per heavy atom. The Morgan fingerprint density at radius 3 is 2.60 bits per heavy atom. The summed E-state index contributed by atoms with van der Waals surface area (Å²) in [5, 5.41) is 3.11. The van der Waals surface area contributed by atoms with E-state index in [1.54, 1.807) is 30.0 Å². The highest BCUT2D eigenvalue weighted by molar-refractivity contribution is 7.98. The molecule has 0 radical (unpaired) electrons. The molecule has 20 heavy (non-hydrogen) atoms. The molecule has 0 spiro atoms. The van der Waals surface area contributed by atoms with E-state index >= 15 is 0 Å². The van der Waals surface area contributed by atoms with Gasteiger partial charge in [-0.05, 0) is 49.6 Å². The summed E-state index contributed by atoms with van der Waals surface area (Å²) in [4.78, 5) is 0.327. The molecule has 0 heterocycles. The second-order valence-electron chi connectivity index (χ2n) is 5.00. The SMILES string of the molecule is CNC(C)c1cccc(S(=O)(=O)NCC(C)CSC)c1. The van der Waals surface area contributed by atoms with Crippen molar-refractivity contribution < 1.29 is 8.42 Å². The summed E-state index contributed by atoms with van der Waals surface area (Å²) < 4.78 is 27.2. The first kappa shape index (κ1) is 17.5. The molecule has 0 saturated carbocycles. The second kappa shape index (κ2) is 8.02. The third-order valence-corrected chi connectivity index (χ3v) is 5.50. The molecule has 0 aromatic heterocycles. The molecule has 6 heteroatoms. The average molecular weight is 316 g/mol. The number of nitrogens with one attached hydrogen (secondary N) is 2. The van der Waals surface area contributed by atoms with Gasteiger partial charge in [-0.1, -0.05) is 19.1 Å². The van der Waals surface area contributed by atoms with E-state index < -0.39 is 10.0 Å². The highest BCUT2D eigenvalue weighted by Gasteiger charge is 2.16. The van der Waals surface area contributed by atoms with Gasteiger partial charge in [-0.3, -0.25) is 0 Å². The molecule has 114 valence electrons. The van der Waals surface area contributed by atoms with Crippen molar-refractivity contribution in [3.05, 3.63) is 29.8 Å². The minimum Gasteiger partial charge on any atom is -0.313 e. The normalized spacial score (nSPS) is 15.0. The highest BCUT2D eigenvalue weighted by atomic mass is 32.2. The average Bonchev–Trinajstić information content (AvgIpc) is 2.45. The van der Waals surface area contributed by atoms with E-state index in [0.717, 1.165) is 11.3 Å². The van der Waals surface area contributed by atoms with Gasteiger partial charge in [-0.15, -0.1) is 0 Å². The molecule has 0 fully saturated rings. The Hall–Kier alpha value is -0.560. The zero-order valence-electron chi connectivity index (χ0n) is 12.5. The van der Waals surface area contributed by atoms with E-state index in [0.29, 0.717) is 17.4 Å². The fourth-order valence-corrected chi connectivity index (χ4v) is 3.70. The van der Waals surface area contributed by atoms with Crippen molar-refractivity contribution >= 4 is 21.8 Å². The third-order valence-electron chi connectivity index (χ3n) is 3.17. The van der Waals surface area contributed by atoms with Gasteiger partial charge < -0.3 is 5.32 Å². The first-order valence-corrected chi connectivity index (χ1v) is 9.54. The van der Waals surface area contributed by atoms with E-state index in [4.69, 9.17) is 0 Å². The largest absolute Gasteiger partial charge is 0.313 e. The van der Waals surface area contributed by atoms with E-state index in [2.05, 4.69) is 10.0 Å². The summed E-state index contributed by atoms with van der Waals surface area (Å²) in [6, 6.07) is 7.19. The fourth-order valence-electron chi connectivity index (χ4n) is 1.80. The van der Waals surface area contributed by atoms with Crippen molar-refractivity contribution in [2.24, 2.45) is 5.92 Å².